The van der Waals surface area contributed by atoms with Gasteiger partial charge in [0.2, 0.25) is 5.91 Å². The molecule has 0 aliphatic heterocycles. The van der Waals surface area contributed by atoms with Gasteiger partial charge >= 0.3 is 5.97 Å². The normalized spacial score (nSPS) is 12.3. The summed E-state index contributed by atoms with van der Waals surface area (Å²) in [5.41, 5.74) is 1.13. The summed E-state index contributed by atoms with van der Waals surface area (Å²) in [6.45, 7) is 1.33. The van der Waals surface area contributed by atoms with Crippen LogP contribution in [0.3, 0.4) is 0 Å². The number of hydrogen-bond donors (Lipinski definition) is 2. The van der Waals surface area contributed by atoms with Gasteiger partial charge in [0, 0.05) is 5.39 Å². The van der Waals surface area contributed by atoms with Crippen molar-refractivity contribution in [1.29, 1.82) is 0 Å². The molecule has 0 saturated heterocycles. The van der Waals surface area contributed by atoms with Gasteiger partial charge in [-0.1, -0.05) is 12.1 Å². The second-order valence-corrected chi connectivity index (χ2v) is 3.69. The van der Waals surface area contributed by atoms with Crippen molar-refractivity contribution in [2.45, 2.75) is 6.92 Å². The van der Waals surface area contributed by atoms with Gasteiger partial charge in [-0.15, -0.1) is 0 Å². The van der Waals surface area contributed by atoms with Crippen LogP contribution < -0.4 is 5.32 Å². The van der Waals surface area contributed by atoms with Gasteiger partial charge in [0.25, 0.3) is 0 Å². The minimum atomic E-state index is -1.16. The molecule has 0 aliphatic rings. The number of carbonyl (C=O) groups is 2. The van der Waals surface area contributed by atoms with Crippen molar-refractivity contribution in [1.82, 2.24) is 0 Å². The summed E-state index contributed by atoms with van der Waals surface area (Å²) >= 11 is 0. The van der Waals surface area contributed by atoms with E-state index in [0.29, 0.717) is 11.3 Å². The Bertz CT molecular complexity index is 573. The highest BCUT2D eigenvalue weighted by atomic mass is 16.4. The summed E-state index contributed by atoms with van der Waals surface area (Å²) in [5.74, 6) is -2.82. The summed E-state index contributed by atoms with van der Waals surface area (Å²) in [7, 11) is 0. The zero-order valence-electron chi connectivity index (χ0n) is 9.14. The van der Waals surface area contributed by atoms with Gasteiger partial charge in [-0.05, 0) is 19.1 Å². The van der Waals surface area contributed by atoms with Crippen LogP contribution >= 0.6 is 0 Å². The number of fused-ring (bicyclic) bond motifs is 1. The summed E-state index contributed by atoms with van der Waals surface area (Å²) in [6.07, 6.45) is 1.40. The number of hydrogen-bond acceptors (Lipinski definition) is 3. The number of furan rings is 1. The Balaban J connectivity index is 2.24. The quantitative estimate of drug-likeness (QED) is 0.795. The molecule has 1 atom stereocenters. The fourth-order valence-corrected chi connectivity index (χ4v) is 1.43. The number of anilines is 1. The summed E-state index contributed by atoms with van der Waals surface area (Å²) in [4.78, 5) is 22.2. The first kappa shape index (κ1) is 11.2. The van der Waals surface area contributed by atoms with Crippen molar-refractivity contribution >= 4 is 28.5 Å². The molecule has 1 aromatic carbocycles. The Kier molecular flexibility index (Phi) is 2.82. The van der Waals surface area contributed by atoms with Crippen LogP contribution in [0.5, 0.6) is 0 Å². The molecule has 0 bridgehead atoms. The molecular formula is C12H11NO4. The molecular weight excluding hydrogens is 222 g/mol. The highest BCUT2D eigenvalue weighted by molar-refractivity contribution is 6.07. The maximum atomic E-state index is 11.6. The van der Waals surface area contributed by atoms with Crippen LogP contribution in [-0.4, -0.2) is 17.0 Å². The lowest BCUT2D eigenvalue weighted by molar-refractivity contribution is -0.144. The average Bonchev–Trinajstić information content (AvgIpc) is 2.71. The van der Waals surface area contributed by atoms with E-state index >= 15 is 0 Å². The molecule has 0 fully saturated rings. The van der Waals surface area contributed by atoms with Crippen LogP contribution in [0.15, 0.2) is 34.9 Å². The summed E-state index contributed by atoms with van der Waals surface area (Å²) in [6, 6.07) is 7.19. The van der Waals surface area contributed by atoms with Crippen LogP contribution in [0, 0.1) is 5.92 Å². The van der Waals surface area contributed by atoms with Crippen LogP contribution in [0.25, 0.3) is 11.0 Å². The van der Waals surface area contributed by atoms with Gasteiger partial charge in [-0.25, -0.2) is 0 Å². The number of rotatable bonds is 3. The molecule has 2 N–H and O–H groups in total. The third-order valence-electron chi connectivity index (χ3n) is 2.50. The lowest BCUT2D eigenvalue weighted by atomic mass is 10.1. The number of amides is 1. The van der Waals surface area contributed by atoms with Gasteiger partial charge in [0.05, 0.1) is 5.69 Å². The molecule has 0 saturated carbocycles. The number of para-hydroxylation sites is 1. The van der Waals surface area contributed by atoms with Crippen molar-refractivity contribution in [3.05, 3.63) is 30.5 Å². The molecule has 2 aromatic rings. The minimum absolute atomic E-state index is 0.485. The van der Waals surface area contributed by atoms with E-state index in [-0.39, 0.29) is 0 Å². The number of benzene rings is 1. The van der Waals surface area contributed by atoms with E-state index in [1.165, 1.54) is 13.2 Å². The molecule has 2 rings (SSSR count). The molecule has 88 valence electrons. The van der Waals surface area contributed by atoms with E-state index in [9.17, 15) is 9.59 Å². The Morgan fingerprint density at radius 1 is 1.35 bits per heavy atom. The second-order valence-electron chi connectivity index (χ2n) is 3.69. The van der Waals surface area contributed by atoms with Gasteiger partial charge in [-0.3, -0.25) is 9.59 Å². The zero-order chi connectivity index (χ0) is 12.4. The first-order valence-corrected chi connectivity index (χ1v) is 5.09. The van der Waals surface area contributed by atoms with E-state index < -0.39 is 17.8 Å². The lowest BCUT2D eigenvalue weighted by Gasteiger charge is -2.06. The van der Waals surface area contributed by atoms with Crippen LogP contribution in [0.2, 0.25) is 0 Å². The molecule has 0 radical (unpaired) electrons. The van der Waals surface area contributed by atoms with Gasteiger partial charge in [0.15, 0.2) is 0 Å². The van der Waals surface area contributed by atoms with Crippen LogP contribution in [-0.2, 0) is 9.59 Å². The summed E-state index contributed by atoms with van der Waals surface area (Å²) < 4.78 is 5.23. The van der Waals surface area contributed by atoms with Crippen molar-refractivity contribution in [2.75, 3.05) is 5.32 Å². The Morgan fingerprint density at radius 3 is 2.76 bits per heavy atom. The number of aliphatic carboxylic acids is 1. The largest absolute Gasteiger partial charge is 0.481 e. The minimum Gasteiger partial charge on any atom is -0.481 e. The van der Waals surface area contributed by atoms with Crippen molar-refractivity contribution in [3.8, 4) is 0 Å². The molecule has 1 amide bonds. The Hall–Kier alpha value is -2.30. The lowest BCUT2D eigenvalue weighted by Crippen LogP contribution is -2.26. The number of carbonyl (C=O) groups excluding carboxylic acids is 1. The zero-order valence-corrected chi connectivity index (χ0v) is 9.14. The van der Waals surface area contributed by atoms with Gasteiger partial charge in [0.1, 0.15) is 17.8 Å². The number of carboxylic acid groups (broad SMARTS) is 1. The number of carboxylic acids is 1. The smallest absolute Gasteiger partial charge is 0.315 e. The second kappa shape index (κ2) is 4.29. The summed E-state index contributed by atoms with van der Waals surface area (Å²) in [5, 5.41) is 12.0. The fraction of sp³-hybridized carbons (Fsp3) is 0.167. The highest BCUT2D eigenvalue weighted by Crippen LogP contribution is 2.25. The van der Waals surface area contributed by atoms with Crippen molar-refractivity contribution in [3.63, 3.8) is 0 Å². The maximum absolute atomic E-state index is 11.6. The van der Waals surface area contributed by atoms with E-state index in [0.717, 1.165) is 5.39 Å². The fourth-order valence-electron chi connectivity index (χ4n) is 1.43. The first-order chi connectivity index (χ1) is 8.09. The molecule has 5 heteroatoms. The standard InChI is InChI=1S/C12H11NO4/c1-7(12(15)16)11(14)13-9-6-17-10-5-3-2-4-8(9)10/h2-7H,1H3,(H,13,14)(H,15,16). The van der Waals surface area contributed by atoms with E-state index in [4.69, 9.17) is 9.52 Å². The maximum Gasteiger partial charge on any atom is 0.315 e. The molecule has 17 heavy (non-hydrogen) atoms. The average molecular weight is 233 g/mol. The predicted octanol–water partition coefficient (Wildman–Crippen LogP) is 2.09. The van der Waals surface area contributed by atoms with E-state index in [1.807, 2.05) is 12.1 Å². The van der Waals surface area contributed by atoms with Crippen molar-refractivity contribution < 1.29 is 19.1 Å². The first-order valence-electron chi connectivity index (χ1n) is 5.09. The third-order valence-corrected chi connectivity index (χ3v) is 2.50. The molecule has 5 nitrogen and oxygen atoms in total. The van der Waals surface area contributed by atoms with Gasteiger partial charge < -0.3 is 14.8 Å². The molecule has 1 unspecified atom stereocenters. The SMILES string of the molecule is CC(C(=O)O)C(=O)Nc1coc2ccccc12. The third kappa shape index (κ3) is 2.13. The topological polar surface area (TPSA) is 79.5 Å². The monoisotopic (exact) mass is 233 g/mol. The van der Waals surface area contributed by atoms with Crippen LogP contribution in [0.4, 0.5) is 5.69 Å². The van der Waals surface area contributed by atoms with E-state index in [2.05, 4.69) is 5.32 Å². The molecule has 0 aliphatic carbocycles. The Morgan fingerprint density at radius 2 is 2.06 bits per heavy atom. The van der Waals surface area contributed by atoms with Crippen molar-refractivity contribution in [2.24, 2.45) is 5.92 Å². The van der Waals surface area contributed by atoms with E-state index in [1.54, 1.807) is 12.1 Å². The van der Waals surface area contributed by atoms with Gasteiger partial charge in [-0.2, -0.15) is 0 Å². The molecule has 1 heterocycles. The number of nitrogens with one attached hydrogen (secondary N) is 1. The Labute approximate surface area is 97.0 Å². The molecule has 1 aromatic heterocycles. The predicted molar refractivity (Wildman–Crippen MR) is 61.6 cm³/mol. The molecule has 0 spiro atoms. The van der Waals surface area contributed by atoms with Crippen LogP contribution in [0.1, 0.15) is 6.92 Å². The highest BCUT2D eigenvalue weighted by Gasteiger charge is 2.21.